The first-order valence-electron chi connectivity index (χ1n) is 10.6. The largest absolute Gasteiger partial charge is 0.469 e. The lowest BCUT2D eigenvalue weighted by Crippen LogP contribution is -2.52. The summed E-state index contributed by atoms with van der Waals surface area (Å²) in [4.78, 5) is 7.35. The van der Waals surface area contributed by atoms with Crippen LogP contribution in [0, 0.1) is 11.8 Å². The molecule has 4 heterocycles. The number of hydrogen-bond donors (Lipinski definition) is 1. The van der Waals surface area contributed by atoms with Gasteiger partial charge in [-0.15, -0.1) is 0 Å². The van der Waals surface area contributed by atoms with Gasteiger partial charge < -0.3 is 28.8 Å². The summed E-state index contributed by atoms with van der Waals surface area (Å²) in [5.41, 5.74) is 0. The van der Waals surface area contributed by atoms with E-state index in [1.165, 1.54) is 0 Å². The summed E-state index contributed by atoms with van der Waals surface area (Å²) in [6.07, 6.45) is 5.93. The molecular weight excluding hydrogens is 358 g/mol. The van der Waals surface area contributed by atoms with Crippen molar-refractivity contribution in [2.24, 2.45) is 16.8 Å². The molecule has 0 amide bonds. The zero-order valence-electron chi connectivity index (χ0n) is 16.9. The third-order valence-corrected chi connectivity index (χ3v) is 6.08. The van der Waals surface area contributed by atoms with Gasteiger partial charge in [0.1, 0.15) is 5.76 Å². The molecule has 3 fully saturated rings. The van der Waals surface area contributed by atoms with Gasteiger partial charge in [-0.1, -0.05) is 0 Å². The molecular formula is C21H33N3O4. The molecule has 4 rings (SSSR count). The molecule has 0 aliphatic carbocycles. The average Bonchev–Trinajstić information content (AvgIpc) is 3.48. The molecule has 0 radical (unpaired) electrons. The number of aliphatic imine (C=N–C) groups is 1. The first-order chi connectivity index (χ1) is 13.7. The van der Waals surface area contributed by atoms with Crippen molar-refractivity contribution in [3.8, 4) is 0 Å². The Morgan fingerprint density at radius 2 is 2.18 bits per heavy atom. The van der Waals surface area contributed by atoms with Gasteiger partial charge in [0.15, 0.2) is 11.7 Å². The second-order valence-electron chi connectivity index (χ2n) is 8.15. The number of nitrogens with zero attached hydrogens (tertiary/aromatic N) is 2. The molecule has 3 aliphatic heterocycles. The van der Waals surface area contributed by atoms with Crippen molar-refractivity contribution in [2.75, 3.05) is 52.6 Å². The highest BCUT2D eigenvalue weighted by Gasteiger charge is 2.42. The highest BCUT2D eigenvalue weighted by atomic mass is 16.7. The van der Waals surface area contributed by atoms with Crippen LogP contribution in [0.25, 0.3) is 0 Å². The molecule has 3 aliphatic rings. The molecule has 1 aromatic heterocycles. The second kappa shape index (κ2) is 9.29. The Hall–Kier alpha value is -1.57. The van der Waals surface area contributed by atoms with E-state index in [9.17, 15) is 0 Å². The lowest BCUT2D eigenvalue weighted by Gasteiger charge is -2.41. The summed E-state index contributed by atoms with van der Waals surface area (Å²) in [5, 5.41) is 3.57. The molecule has 0 bridgehead atoms. The number of furan rings is 1. The van der Waals surface area contributed by atoms with Crippen molar-refractivity contribution >= 4 is 5.96 Å². The normalized spacial score (nSPS) is 28.0. The minimum absolute atomic E-state index is 0.357. The predicted molar refractivity (Wildman–Crippen MR) is 106 cm³/mol. The van der Waals surface area contributed by atoms with E-state index in [2.05, 4.69) is 17.1 Å². The number of guanidine groups is 1. The van der Waals surface area contributed by atoms with Gasteiger partial charge in [-0.05, 0) is 38.3 Å². The topological polar surface area (TPSA) is 68.5 Å². The van der Waals surface area contributed by atoms with Crippen molar-refractivity contribution < 1.29 is 18.6 Å². The number of likely N-dealkylation sites (tertiary alicyclic amines) is 1. The van der Waals surface area contributed by atoms with Crippen LogP contribution in [0.3, 0.4) is 0 Å². The van der Waals surface area contributed by atoms with Gasteiger partial charge in [-0.2, -0.15) is 0 Å². The maximum Gasteiger partial charge on any atom is 0.193 e. The zero-order chi connectivity index (χ0) is 19.2. The van der Waals surface area contributed by atoms with Crippen LogP contribution in [0.2, 0.25) is 0 Å². The van der Waals surface area contributed by atoms with Crippen LogP contribution in [0.15, 0.2) is 27.8 Å². The maximum atomic E-state index is 5.94. The van der Waals surface area contributed by atoms with Crippen molar-refractivity contribution in [1.82, 2.24) is 10.2 Å². The van der Waals surface area contributed by atoms with Crippen LogP contribution >= 0.6 is 0 Å². The van der Waals surface area contributed by atoms with E-state index in [-0.39, 0.29) is 0 Å². The summed E-state index contributed by atoms with van der Waals surface area (Å²) in [5.74, 6) is 2.41. The van der Waals surface area contributed by atoms with Gasteiger partial charge in [0, 0.05) is 51.0 Å². The molecule has 7 heteroatoms. The lowest BCUT2D eigenvalue weighted by molar-refractivity contribution is -0.189. The van der Waals surface area contributed by atoms with Crippen molar-refractivity contribution in [1.29, 1.82) is 0 Å². The first kappa shape index (κ1) is 19.7. The van der Waals surface area contributed by atoms with Gasteiger partial charge in [-0.25, -0.2) is 0 Å². The standard InChI is InChI=1S/C21H33N3O4/c1-21(27-12-13-28-21)18-4-2-9-24(15-18)20(23-14-17-7-11-25-16-17)22-8-6-19-5-3-10-26-19/h3,5,10,17-18H,2,4,6-9,11-16H2,1H3,(H,22,23). The molecule has 0 spiro atoms. The van der Waals surface area contributed by atoms with E-state index >= 15 is 0 Å². The Bertz CT molecular complexity index is 622. The Balaban J connectivity index is 1.39. The molecule has 0 aromatic carbocycles. The Morgan fingerprint density at radius 1 is 1.29 bits per heavy atom. The summed E-state index contributed by atoms with van der Waals surface area (Å²) < 4.78 is 22.9. The van der Waals surface area contributed by atoms with Crippen molar-refractivity contribution in [2.45, 2.75) is 38.4 Å². The second-order valence-corrected chi connectivity index (χ2v) is 8.15. The summed E-state index contributed by atoms with van der Waals surface area (Å²) in [6.45, 7) is 8.70. The van der Waals surface area contributed by atoms with Crippen LogP contribution in [0.4, 0.5) is 0 Å². The number of ether oxygens (including phenoxy) is 3. The molecule has 1 aromatic rings. The minimum Gasteiger partial charge on any atom is -0.469 e. The van der Waals surface area contributed by atoms with E-state index in [4.69, 9.17) is 23.6 Å². The van der Waals surface area contributed by atoms with Crippen LogP contribution in [0.1, 0.15) is 31.9 Å². The van der Waals surface area contributed by atoms with E-state index in [1.807, 2.05) is 12.1 Å². The molecule has 7 nitrogen and oxygen atoms in total. The zero-order valence-corrected chi connectivity index (χ0v) is 16.9. The molecule has 3 saturated heterocycles. The molecule has 156 valence electrons. The highest BCUT2D eigenvalue weighted by Crippen LogP contribution is 2.34. The number of hydrogen-bond acceptors (Lipinski definition) is 5. The SMILES string of the molecule is CC1(C2CCCN(C(=NCC3CCOC3)NCCc3ccco3)C2)OCCO1. The number of piperidine rings is 1. The number of nitrogens with one attached hydrogen (secondary N) is 1. The fourth-order valence-electron chi connectivity index (χ4n) is 4.33. The van der Waals surface area contributed by atoms with E-state index in [1.54, 1.807) is 6.26 Å². The molecule has 2 atom stereocenters. The van der Waals surface area contributed by atoms with Gasteiger partial charge in [0.25, 0.3) is 0 Å². The molecule has 1 N–H and O–H groups in total. The van der Waals surface area contributed by atoms with E-state index in [0.717, 1.165) is 76.8 Å². The quantitative estimate of drug-likeness (QED) is 0.593. The van der Waals surface area contributed by atoms with Gasteiger partial charge in [0.05, 0.1) is 26.1 Å². The van der Waals surface area contributed by atoms with Gasteiger partial charge in [-0.3, -0.25) is 4.99 Å². The fraction of sp³-hybridized carbons (Fsp3) is 0.762. The van der Waals surface area contributed by atoms with Crippen molar-refractivity contribution in [3.05, 3.63) is 24.2 Å². The third kappa shape index (κ3) is 4.88. The Kier molecular flexibility index (Phi) is 6.54. The van der Waals surface area contributed by atoms with Crippen LogP contribution in [-0.4, -0.2) is 69.3 Å². The van der Waals surface area contributed by atoms with E-state index in [0.29, 0.717) is 25.0 Å². The molecule has 2 unspecified atom stereocenters. The highest BCUT2D eigenvalue weighted by molar-refractivity contribution is 5.80. The first-order valence-corrected chi connectivity index (χ1v) is 10.6. The van der Waals surface area contributed by atoms with Crippen LogP contribution in [-0.2, 0) is 20.6 Å². The van der Waals surface area contributed by atoms with Crippen LogP contribution < -0.4 is 5.32 Å². The molecule has 28 heavy (non-hydrogen) atoms. The monoisotopic (exact) mass is 391 g/mol. The fourth-order valence-corrected chi connectivity index (χ4v) is 4.33. The molecule has 0 saturated carbocycles. The summed E-state index contributed by atoms with van der Waals surface area (Å²) >= 11 is 0. The Labute approximate surface area is 167 Å². The van der Waals surface area contributed by atoms with Gasteiger partial charge >= 0.3 is 0 Å². The number of rotatable bonds is 6. The van der Waals surface area contributed by atoms with Gasteiger partial charge in [0.2, 0.25) is 0 Å². The van der Waals surface area contributed by atoms with Crippen LogP contribution in [0.5, 0.6) is 0 Å². The van der Waals surface area contributed by atoms with Crippen molar-refractivity contribution in [3.63, 3.8) is 0 Å². The van der Waals surface area contributed by atoms with E-state index < -0.39 is 5.79 Å². The average molecular weight is 392 g/mol. The predicted octanol–water partition coefficient (Wildman–Crippen LogP) is 2.28. The smallest absolute Gasteiger partial charge is 0.193 e. The summed E-state index contributed by atoms with van der Waals surface area (Å²) in [7, 11) is 0. The summed E-state index contributed by atoms with van der Waals surface area (Å²) in [6, 6.07) is 3.95. The Morgan fingerprint density at radius 3 is 2.93 bits per heavy atom. The maximum absolute atomic E-state index is 5.94. The lowest BCUT2D eigenvalue weighted by atomic mass is 9.90. The minimum atomic E-state index is -0.461. The third-order valence-electron chi connectivity index (χ3n) is 6.08.